The van der Waals surface area contributed by atoms with Crippen molar-refractivity contribution in [3.8, 4) is 5.75 Å². The number of anilines is 1. The van der Waals surface area contributed by atoms with Crippen LogP contribution < -0.4 is 10.1 Å². The molecule has 3 aromatic rings. The number of hydrogen-bond acceptors (Lipinski definition) is 6. The number of nitrogens with zero attached hydrogens (tertiary/aromatic N) is 1. The molecule has 1 aliphatic rings. The highest BCUT2D eigenvalue weighted by atomic mass is 32.1. The van der Waals surface area contributed by atoms with Crippen LogP contribution in [0.4, 0.5) is 5.13 Å². The minimum Gasteiger partial charge on any atom is -0.494 e. The average Bonchev–Trinajstić information content (AvgIpc) is 3.03. The second kappa shape index (κ2) is 6.76. The Morgan fingerprint density at radius 2 is 2.19 bits per heavy atom. The van der Waals surface area contributed by atoms with E-state index in [1.807, 2.05) is 37.3 Å². The van der Waals surface area contributed by atoms with Gasteiger partial charge in [-0.2, -0.15) is 0 Å². The van der Waals surface area contributed by atoms with Crippen molar-refractivity contribution in [1.29, 1.82) is 0 Å². The average molecular weight is 368 g/mol. The number of esters is 1. The van der Waals surface area contributed by atoms with Gasteiger partial charge in [-0.25, -0.2) is 9.78 Å². The number of benzene rings is 2. The molecule has 6 nitrogen and oxygen atoms in total. The van der Waals surface area contributed by atoms with Gasteiger partial charge in [-0.05, 0) is 36.8 Å². The first kappa shape index (κ1) is 16.5. The third-order valence-electron chi connectivity index (χ3n) is 4.09. The second-order valence-electron chi connectivity index (χ2n) is 5.83. The van der Waals surface area contributed by atoms with Gasteiger partial charge in [-0.15, -0.1) is 0 Å². The molecule has 0 radical (unpaired) electrons. The molecule has 0 saturated carbocycles. The number of ether oxygens (including phenoxy) is 2. The number of carbonyl (C=O) groups is 2. The van der Waals surface area contributed by atoms with Gasteiger partial charge in [0.05, 0.1) is 22.4 Å². The summed E-state index contributed by atoms with van der Waals surface area (Å²) in [5.41, 5.74) is 2.11. The maximum atomic E-state index is 12.5. The number of aromatic nitrogens is 1. The smallest absolute Gasteiger partial charge is 0.339 e. The highest BCUT2D eigenvalue weighted by Crippen LogP contribution is 2.30. The first-order chi connectivity index (χ1) is 12.6. The van der Waals surface area contributed by atoms with Crippen LogP contribution in [-0.4, -0.2) is 29.6 Å². The van der Waals surface area contributed by atoms with E-state index in [2.05, 4.69) is 10.3 Å². The van der Waals surface area contributed by atoms with Gasteiger partial charge in [0.2, 0.25) is 0 Å². The molecular weight excluding hydrogens is 352 g/mol. The zero-order chi connectivity index (χ0) is 18.1. The monoisotopic (exact) mass is 368 g/mol. The molecule has 1 aromatic heterocycles. The third kappa shape index (κ3) is 3.13. The lowest BCUT2D eigenvalue weighted by Crippen LogP contribution is -2.37. The van der Waals surface area contributed by atoms with Crippen molar-refractivity contribution < 1.29 is 19.1 Å². The zero-order valence-electron chi connectivity index (χ0n) is 14.0. The van der Waals surface area contributed by atoms with E-state index in [1.165, 1.54) is 11.3 Å². The fourth-order valence-electron chi connectivity index (χ4n) is 2.88. The van der Waals surface area contributed by atoms with E-state index in [9.17, 15) is 9.59 Å². The Kier molecular flexibility index (Phi) is 4.30. The van der Waals surface area contributed by atoms with Crippen LogP contribution in [0.2, 0.25) is 0 Å². The fraction of sp³-hybridized carbons (Fsp3) is 0.211. The molecule has 1 atom stereocenters. The SMILES string of the molecule is CCOc1ccc2nc(NC(=O)[C@H]3Cc4ccccc4C(=O)O3)sc2c1. The molecule has 1 aliphatic heterocycles. The number of carbonyl (C=O) groups excluding carboxylic acids is 2. The lowest BCUT2D eigenvalue weighted by atomic mass is 9.98. The molecule has 0 unspecified atom stereocenters. The quantitative estimate of drug-likeness (QED) is 0.714. The molecule has 2 aromatic carbocycles. The van der Waals surface area contributed by atoms with E-state index >= 15 is 0 Å². The predicted octanol–water partition coefficient (Wildman–Crippen LogP) is 3.42. The Morgan fingerprint density at radius 1 is 1.35 bits per heavy atom. The summed E-state index contributed by atoms with van der Waals surface area (Å²) in [5.74, 6) is -0.0889. The van der Waals surface area contributed by atoms with Crippen molar-refractivity contribution in [3.63, 3.8) is 0 Å². The maximum absolute atomic E-state index is 12.5. The normalized spacial score (nSPS) is 16.0. The van der Waals surface area contributed by atoms with Gasteiger partial charge in [0.15, 0.2) is 11.2 Å². The Morgan fingerprint density at radius 3 is 3.04 bits per heavy atom. The minimum atomic E-state index is -0.858. The molecule has 0 saturated heterocycles. The lowest BCUT2D eigenvalue weighted by Gasteiger charge is -2.23. The molecule has 1 amide bonds. The summed E-state index contributed by atoms with van der Waals surface area (Å²) in [5, 5.41) is 3.22. The van der Waals surface area contributed by atoms with Gasteiger partial charge < -0.3 is 9.47 Å². The van der Waals surface area contributed by atoms with Crippen LogP contribution in [0.25, 0.3) is 10.2 Å². The number of amides is 1. The van der Waals surface area contributed by atoms with E-state index in [0.29, 0.717) is 23.7 Å². The molecule has 0 aliphatic carbocycles. The molecule has 0 fully saturated rings. The fourth-order valence-corrected chi connectivity index (χ4v) is 3.78. The summed E-state index contributed by atoms with van der Waals surface area (Å²) >= 11 is 1.35. The number of hydrogen-bond donors (Lipinski definition) is 1. The van der Waals surface area contributed by atoms with Crippen LogP contribution in [0.15, 0.2) is 42.5 Å². The van der Waals surface area contributed by atoms with Gasteiger partial charge in [0, 0.05) is 6.42 Å². The largest absolute Gasteiger partial charge is 0.494 e. The first-order valence-electron chi connectivity index (χ1n) is 8.27. The molecular formula is C19H16N2O4S. The summed E-state index contributed by atoms with van der Waals surface area (Å²) in [4.78, 5) is 29.0. The minimum absolute atomic E-state index is 0.354. The standard InChI is InChI=1S/C19H16N2O4S/c1-2-24-12-7-8-14-16(10-12)26-19(20-14)21-17(22)15-9-11-5-3-4-6-13(11)18(23)25-15/h3-8,10,15H,2,9H2,1H3,(H,20,21,22)/t15-/m1/s1. The number of thiazole rings is 1. The summed E-state index contributed by atoms with van der Waals surface area (Å²) in [7, 11) is 0. The van der Waals surface area contributed by atoms with Gasteiger partial charge in [0.1, 0.15) is 5.75 Å². The van der Waals surface area contributed by atoms with Crippen molar-refractivity contribution in [2.24, 2.45) is 0 Å². The number of rotatable bonds is 4. The summed E-state index contributed by atoms with van der Waals surface area (Å²) in [6.45, 7) is 2.51. The van der Waals surface area contributed by atoms with Crippen LogP contribution >= 0.6 is 11.3 Å². The predicted molar refractivity (Wildman–Crippen MR) is 98.8 cm³/mol. The first-order valence-corrected chi connectivity index (χ1v) is 9.09. The molecule has 4 rings (SSSR count). The van der Waals surface area contributed by atoms with E-state index < -0.39 is 12.1 Å². The number of cyclic esters (lactones) is 1. The van der Waals surface area contributed by atoms with E-state index in [-0.39, 0.29) is 5.91 Å². The molecule has 1 N–H and O–H groups in total. The number of fused-ring (bicyclic) bond motifs is 2. The van der Waals surface area contributed by atoms with Crippen molar-refractivity contribution in [1.82, 2.24) is 4.98 Å². The van der Waals surface area contributed by atoms with Crippen molar-refractivity contribution >= 4 is 38.6 Å². The summed E-state index contributed by atoms with van der Waals surface area (Å²) < 4.78 is 11.7. The molecule has 132 valence electrons. The summed E-state index contributed by atoms with van der Waals surface area (Å²) in [6, 6.07) is 12.7. The van der Waals surface area contributed by atoms with Gasteiger partial charge >= 0.3 is 5.97 Å². The van der Waals surface area contributed by atoms with Crippen LogP contribution in [0, 0.1) is 0 Å². The summed E-state index contributed by atoms with van der Waals surface area (Å²) in [6.07, 6.45) is -0.504. The Hall–Kier alpha value is -2.93. The third-order valence-corrected chi connectivity index (χ3v) is 5.02. The topological polar surface area (TPSA) is 77.5 Å². The molecule has 7 heteroatoms. The molecule has 0 bridgehead atoms. The Balaban J connectivity index is 1.51. The van der Waals surface area contributed by atoms with Gasteiger partial charge in [-0.3, -0.25) is 10.1 Å². The van der Waals surface area contributed by atoms with E-state index in [1.54, 1.807) is 12.1 Å². The number of nitrogens with one attached hydrogen (secondary N) is 1. The van der Waals surface area contributed by atoms with Crippen LogP contribution in [0.1, 0.15) is 22.8 Å². The maximum Gasteiger partial charge on any atom is 0.339 e. The van der Waals surface area contributed by atoms with Crippen molar-refractivity contribution in [2.75, 3.05) is 11.9 Å². The Bertz CT molecular complexity index is 998. The molecule has 2 heterocycles. The van der Waals surface area contributed by atoms with Crippen LogP contribution in [0.3, 0.4) is 0 Å². The highest BCUT2D eigenvalue weighted by molar-refractivity contribution is 7.22. The molecule has 0 spiro atoms. The zero-order valence-corrected chi connectivity index (χ0v) is 14.8. The van der Waals surface area contributed by atoms with Crippen LogP contribution in [0.5, 0.6) is 5.75 Å². The van der Waals surface area contributed by atoms with Gasteiger partial charge in [0.25, 0.3) is 5.91 Å². The van der Waals surface area contributed by atoms with E-state index in [4.69, 9.17) is 9.47 Å². The lowest BCUT2D eigenvalue weighted by molar-refractivity contribution is -0.125. The van der Waals surface area contributed by atoms with Crippen molar-refractivity contribution in [3.05, 3.63) is 53.6 Å². The highest BCUT2D eigenvalue weighted by Gasteiger charge is 2.31. The second-order valence-corrected chi connectivity index (χ2v) is 6.86. The van der Waals surface area contributed by atoms with Crippen molar-refractivity contribution in [2.45, 2.75) is 19.4 Å². The van der Waals surface area contributed by atoms with E-state index in [0.717, 1.165) is 21.5 Å². The molecule has 26 heavy (non-hydrogen) atoms. The Labute approximate surface area is 153 Å². The van der Waals surface area contributed by atoms with Crippen LogP contribution in [-0.2, 0) is 16.0 Å². The van der Waals surface area contributed by atoms with Gasteiger partial charge in [-0.1, -0.05) is 29.5 Å².